The van der Waals surface area contributed by atoms with Gasteiger partial charge in [-0.3, -0.25) is 0 Å². The number of hydrogen-bond acceptors (Lipinski definition) is 2. The lowest BCUT2D eigenvalue weighted by atomic mass is 10.1. The molecule has 0 radical (unpaired) electrons. The van der Waals surface area contributed by atoms with E-state index in [1.807, 2.05) is 0 Å². The molecule has 1 unspecified atom stereocenters. The first-order valence-corrected chi connectivity index (χ1v) is 7.11. The van der Waals surface area contributed by atoms with Gasteiger partial charge in [-0.05, 0) is 17.7 Å². The number of alkyl halides is 3. The van der Waals surface area contributed by atoms with Gasteiger partial charge in [0.1, 0.15) is 0 Å². The molecule has 0 aliphatic rings. The van der Waals surface area contributed by atoms with E-state index in [1.165, 1.54) is 0 Å². The molecule has 0 aromatic heterocycles. The van der Waals surface area contributed by atoms with Crippen LogP contribution in [0.5, 0.6) is 0 Å². The monoisotopic (exact) mass is 326 g/mol. The number of halogens is 6. The molecule has 2 nitrogen and oxygen atoms in total. The van der Waals surface area contributed by atoms with E-state index in [0.29, 0.717) is 0 Å². The molecule has 0 saturated heterocycles. The summed E-state index contributed by atoms with van der Waals surface area (Å²) in [5.74, 6) is 0. The van der Waals surface area contributed by atoms with Crippen LogP contribution in [-0.2, 0) is 9.05 Å². The Balaban J connectivity index is 3.44. The van der Waals surface area contributed by atoms with Crippen molar-refractivity contribution in [3.8, 4) is 0 Å². The summed E-state index contributed by atoms with van der Waals surface area (Å²) in [6.45, 7) is 0. The van der Waals surface area contributed by atoms with Crippen LogP contribution in [0.15, 0.2) is 18.2 Å². The first-order valence-electron chi connectivity index (χ1n) is 3.98. The standard InChI is InChI=1S/C8H4Cl3F3O2S/c9-4-1-2-5(6(10)3-4)7(8(12,13)14)17(11,15)16/h1-3,7H. The van der Waals surface area contributed by atoms with E-state index in [9.17, 15) is 21.6 Å². The molecule has 0 aliphatic carbocycles. The highest BCUT2D eigenvalue weighted by molar-refractivity contribution is 8.14. The highest BCUT2D eigenvalue weighted by Gasteiger charge is 2.50. The third-order valence-corrected chi connectivity index (χ3v) is 4.01. The minimum Gasteiger partial charge on any atom is -0.211 e. The Labute approximate surface area is 110 Å². The first-order chi connectivity index (χ1) is 7.53. The van der Waals surface area contributed by atoms with Crippen molar-refractivity contribution in [1.29, 1.82) is 0 Å². The van der Waals surface area contributed by atoms with Crippen LogP contribution in [0.2, 0.25) is 10.0 Å². The lowest BCUT2D eigenvalue weighted by Crippen LogP contribution is -2.26. The molecule has 0 aliphatic heterocycles. The van der Waals surface area contributed by atoms with Crippen LogP contribution in [0.1, 0.15) is 10.8 Å². The maximum Gasteiger partial charge on any atom is 0.410 e. The summed E-state index contributed by atoms with van der Waals surface area (Å²) in [6.07, 6.45) is -5.06. The van der Waals surface area contributed by atoms with Gasteiger partial charge in [0.2, 0.25) is 9.05 Å². The van der Waals surface area contributed by atoms with Crippen molar-refractivity contribution in [3.63, 3.8) is 0 Å². The average Bonchev–Trinajstić information content (AvgIpc) is 2.04. The molecule has 17 heavy (non-hydrogen) atoms. The molecular weight excluding hydrogens is 324 g/mol. The summed E-state index contributed by atoms with van der Waals surface area (Å²) >= 11 is 11.0. The molecule has 1 atom stereocenters. The van der Waals surface area contributed by atoms with Gasteiger partial charge in [-0.25, -0.2) is 8.42 Å². The molecule has 9 heteroatoms. The molecule has 1 rings (SSSR count). The van der Waals surface area contributed by atoms with Gasteiger partial charge in [0.15, 0.2) is 5.25 Å². The van der Waals surface area contributed by atoms with E-state index < -0.39 is 31.1 Å². The highest BCUT2D eigenvalue weighted by atomic mass is 35.7. The summed E-state index contributed by atoms with van der Waals surface area (Å²) in [6, 6.07) is 2.99. The first kappa shape index (κ1) is 14.9. The Bertz CT molecular complexity index is 527. The predicted molar refractivity (Wildman–Crippen MR) is 60.0 cm³/mol. The fraction of sp³-hybridized carbons (Fsp3) is 0.250. The second-order valence-electron chi connectivity index (χ2n) is 3.06. The van der Waals surface area contributed by atoms with Gasteiger partial charge in [0.05, 0.1) is 0 Å². The minimum absolute atomic E-state index is 0.0895. The largest absolute Gasteiger partial charge is 0.410 e. The second kappa shape index (κ2) is 4.84. The average molecular weight is 328 g/mol. The lowest BCUT2D eigenvalue weighted by molar-refractivity contribution is -0.131. The molecule has 0 N–H and O–H groups in total. The Morgan fingerprint density at radius 1 is 1.18 bits per heavy atom. The molecule has 0 heterocycles. The summed E-state index contributed by atoms with van der Waals surface area (Å²) in [7, 11) is -0.101. The van der Waals surface area contributed by atoms with Crippen molar-refractivity contribution in [1.82, 2.24) is 0 Å². The maximum absolute atomic E-state index is 12.6. The molecule has 1 aromatic carbocycles. The highest BCUT2D eigenvalue weighted by Crippen LogP contribution is 2.43. The Morgan fingerprint density at radius 2 is 1.71 bits per heavy atom. The molecule has 0 fully saturated rings. The van der Waals surface area contributed by atoms with Crippen LogP contribution >= 0.6 is 33.9 Å². The summed E-state index contributed by atoms with van der Waals surface area (Å²) in [4.78, 5) is 0. The molecule has 96 valence electrons. The minimum atomic E-state index is -5.06. The van der Waals surface area contributed by atoms with E-state index in [2.05, 4.69) is 0 Å². The zero-order valence-corrected chi connectivity index (χ0v) is 10.9. The molecule has 1 aromatic rings. The van der Waals surface area contributed by atoms with Gasteiger partial charge in [-0.1, -0.05) is 29.3 Å². The van der Waals surface area contributed by atoms with E-state index >= 15 is 0 Å². The molecule has 0 amide bonds. The predicted octanol–water partition coefficient (Wildman–Crippen LogP) is 4.17. The van der Waals surface area contributed by atoms with Gasteiger partial charge in [-0.2, -0.15) is 13.2 Å². The summed E-state index contributed by atoms with van der Waals surface area (Å²) < 4.78 is 59.8. The molecule has 0 bridgehead atoms. The molecule has 0 saturated carbocycles. The van der Waals surface area contributed by atoms with Crippen molar-refractivity contribution in [2.24, 2.45) is 0 Å². The quantitative estimate of drug-likeness (QED) is 0.764. The fourth-order valence-electron chi connectivity index (χ4n) is 1.20. The van der Waals surface area contributed by atoms with Gasteiger partial charge < -0.3 is 0 Å². The third-order valence-electron chi connectivity index (χ3n) is 1.82. The summed E-state index contributed by atoms with van der Waals surface area (Å²) in [5.41, 5.74) is -0.654. The van der Waals surface area contributed by atoms with E-state index in [-0.39, 0.29) is 5.02 Å². The third kappa shape index (κ3) is 3.64. The smallest absolute Gasteiger partial charge is 0.211 e. The van der Waals surface area contributed by atoms with Crippen molar-refractivity contribution >= 4 is 42.9 Å². The van der Waals surface area contributed by atoms with Crippen LogP contribution < -0.4 is 0 Å². The number of rotatable bonds is 2. The van der Waals surface area contributed by atoms with Crippen molar-refractivity contribution < 1.29 is 21.6 Å². The zero-order chi connectivity index (χ0) is 13.4. The van der Waals surface area contributed by atoms with Gasteiger partial charge in [-0.15, -0.1) is 0 Å². The van der Waals surface area contributed by atoms with E-state index in [4.69, 9.17) is 33.9 Å². The lowest BCUT2D eigenvalue weighted by Gasteiger charge is -2.18. The zero-order valence-electron chi connectivity index (χ0n) is 7.80. The van der Waals surface area contributed by atoms with Crippen molar-refractivity contribution in [2.75, 3.05) is 0 Å². The maximum atomic E-state index is 12.6. The van der Waals surface area contributed by atoms with Crippen LogP contribution in [0.3, 0.4) is 0 Å². The molecular formula is C8H4Cl3F3O2S. The van der Waals surface area contributed by atoms with Gasteiger partial charge in [0, 0.05) is 20.7 Å². The van der Waals surface area contributed by atoms with Crippen LogP contribution in [0, 0.1) is 0 Å². The van der Waals surface area contributed by atoms with Gasteiger partial charge >= 0.3 is 6.18 Å². The van der Waals surface area contributed by atoms with Crippen LogP contribution in [0.25, 0.3) is 0 Å². The second-order valence-corrected chi connectivity index (χ2v) is 6.62. The molecule has 0 spiro atoms. The number of benzene rings is 1. The SMILES string of the molecule is O=S(=O)(Cl)C(c1ccc(Cl)cc1Cl)C(F)(F)F. The normalized spacial score (nSPS) is 14.7. The topological polar surface area (TPSA) is 34.1 Å². The van der Waals surface area contributed by atoms with E-state index in [0.717, 1.165) is 18.2 Å². The van der Waals surface area contributed by atoms with Crippen LogP contribution in [-0.4, -0.2) is 14.6 Å². The van der Waals surface area contributed by atoms with Gasteiger partial charge in [0.25, 0.3) is 0 Å². The van der Waals surface area contributed by atoms with E-state index in [1.54, 1.807) is 0 Å². The number of hydrogen-bond donors (Lipinski definition) is 0. The summed E-state index contributed by atoms with van der Waals surface area (Å²) in [5, 5.41) is -3.20. The Morgan fingerprint density at radius 3 is 2.06 bits per heavy atom. The van der Waals surface area contributed by atoms with Crippen molar-refractivity contribution in [2.45, 2.75) is 11.4 Å². The van der Waals surface area contributed by atoms with Crippen LogP contribution in [0.4, 0.5) is 13.2 Å². The Kier molecular flexibility index (Phi) is 4.24. The Hall–Kier alpha value is -0.170. The van der Waals surface area contributed by atoms with Crippen molar-refractivity contribution in [3.05, 3.63) is 33.8 Å². The fourth-order valence-corrected chi connectivity index (χ4v) is 3.20.